The van der Waals surface area contributed by atoms with Crippen LogP contribution in [0.15, 0.2) is 57.9 Å². The van der Waals surface area contributed by atoms with Crippen LogP contribution < -0.4 is 10.2 Å². The number of methoxy groups -OCH3 is 1. The molecule has 0 bridgehead atoms. The molecule has 0 fully saturated rings. The van der Waals surface area contributed by atoms with E-state index in [-0.39, 0.29) is 11.5 Å². The van der Waals surface area contributed by atoms with Gasteiger partial charge in [0.2, 0.25) is 0 Å². The number of sulfone groups is 1. The second-order valence-electron chi connectivity index (χ2n) is 5.24. The normalized spacial score (nSPS) is 12.4. The number of halogens is 1. The van der Waals surface area contributed by atoms with Gasteiger partial charge in [0.15, 0.2) is 9.84 Å². The van der Waals surface area contributed by atoms with Gasteiger partial charge in [-0.2, -0.15) is 0 Å². The van der Waals surface area contributed by atoms with Gasteiger partial charge in [-0.3, -0.25) is 9.63 Å². The highest BCUT2D eigenvalue weighted by molar-refractivity contribution is 9.10. The summed E-state index contributed by atoms with van der Waals surface area (Å²) >= 11 is 3.24. The van der Waals surface area contributed by atoms with E-state index in [0.29, 0.717) is 5.75 Å². The van der Waals surface area contributed by atoms with Crippen LogP contribution >= 0.6 is 15.9 Å². The minimum atomic E-state index is -3.79. The molecule has 0 radical (unpaired) electrons. The second-order valence-corrected chi connectivity index (χ2v) is 8.43. The molecule has 1 amide bonds. The first-order valence-corrected chi connectivity index (χ1v) is 9.72. The minimum absolute atomic E-state index is 0.0773. The number of nitrogens with one attached hydrogen (secondary N) is 1. The van der Waals surface area contributed by atoms with E-state index in [2.05, 4.69) is 21.4 Å². The van der Waals surface area contributed by atoms with Gasteiger partial charge in [-0.15, -0.1) is 0 Å². The van der Waals surface area contributed by atoms with Crippen molar-refractivity contribution in [3.8, 4) is 5.75 Å². The number of carbonyl (C=O) groups excluding carboxylic acids is 1. The van der Waals surface area contributed by atoms with Crippen LogP contribution in [0.4, 0.5) is 0 Å². The third kappa shape index (κ3) is 5.04. The fraction of sp³-hybridized carbons (Fsp3) is 0.235. The van der Waals surface area contributed by atoms with E-state index in [1.807, 2.05) is 0 Å². The lowest BCUT2D eigenvalue weighted by Crippen LogP contribution is -2.37. The maximum Gasteiger partial charge on any atom is 0.261 e. The van der Waals surface area contributed by atoms with Gasteiger partial charge >= 0.3 is 0 Å². The van der Waals surface area contributed by atoms with Crippen molar-refractivity contribution in [2.24, 2.45) is 0 Å². The number of hydrogen-bond donors (Lipinski definition) is 1. The third-order valence-electron chi connectivity index (χ3n) is 3.55. The largest absolute Gasteiger partial charge is 0.497 e. The van der Waals surface area contributed by atoms with Crippen LogP contribution in [0.25, 0.3) is 0 Å². The predicted octanol–water partition coefficient (Wildman–Crippen LogP) is 2.87. The molecule has 0 aliphatic carbocycles. The molecule has 1 atom stereocenters. The molecule has 0 aliphatic rings. The van der Waals surface area contributed by atoms with Crippen LogP contribution in [0.2, 0.25) is 0 Å². The molecule has 0 aromatic heterocycles. The van der Waals surface area contributed by atoms with Gasteiger partial charge in [-0.05, 0) is 48.9 Å². The van der Waals surface area contributed by atoms with Gasteiger partial charge in [0.25, 0.3) is 5.91 Å². The van der Waals surface area contributed by atoms with E-state index in [1.54, 1.807) is 43.5 Å². The maximum absolute atomic E-state index is 12.4. The summed E-state index contributed by atoms with van der Waals surface area (Å²) in [4.78, 5) is 17.3. The Bertz CT molecular complexity index is 819. The molecule has 1 N–H and O–H groups in total. The van der Waals surface area contributed by atoms with Crippen LogP contribution in [-0.2, 0) is 26.1 Å². The predicted molar refractivity (Wildman–Crippen MR) is 96.7 cm³/mol. The Balaban J connectivity index is 1.93. The summed E-state index contributed by atoms with van der Waals surface area (Å²) in [7, 11) is -2.22. The van der Waals surface area contributed by atoms with E-state index < -0.39 is 21.0 Å². The van der Waals surface area contributed by atoms with Crippen molar-refractivity contribution >= 4 is 31.7 Å². The molecule has 0 aliphatic heterocycles. The molecule has 2 aromatic carbocycles. The Morgan fingerprint density at radius 2 is 1.72 bits per heavy atom. The summed E-state index contributed by atoms with van der Waals surface area (Å²) in [6.07, 6.45) is 0. The Kier molecular flexibility index (Phi) is 6.57. The molecule has 0 saturated heterocycles. The van der Waals surface area contributed by atoms with Crippen molar-refractivity contribution < 1.29 is 22.8 Å². The summed E-state index contributed by atoms with van der Waals surface area (Å²) in [5.41, 5.74) is 3.00. The van der Waals surface area contributed by atoms with Gasteiger partial charge in [0, 0.05) is 4.47 Å². The van der Waals surface area contributed by atoms with Crippen molar-refractivity contribution in [2.75, 3.05) is 7.11 Å². The van der Waals surface area contributed by atoms with Gasteiger partial charge in [-0.1, -0.05) is 28.1 Å². The average molecular weight is 428 g/mol. The van der Waals surface area contributed by atoms with Gasteiger partial charge in [0.1, 0.15) is 11.0 Å². The van der Waals surface area contributed by atoms with Crippen molar-refractivity contribution in [2.45, 2.75) is 23.7 Å². The highest BCUT2D eigenvalue weighted by Gasteiger charge is 2.29. The molecule has 8 heteroatoms. The van der Waals surface area contributed by atoms with E-state index in [9.17, 15) is 13.2 Å². The second kappa shape index (κ2) is 8.46. The van der Waals surface area contributed by atoms with Crippen LogP contribution in [0.3, 0.4) is 0 Å². The van der Waals surface area contributed by atoms with E-state index in [4.69, 9.17) is 9.57 Å². The van der Waals surface area contributed by atoms with Crippen LogP contribution in [0.1, 0.15) is 12.5 Å². The highest BCUT2D eigenvalue weighted by atomic mass is 79.9. The van der Waals surface area contributed by atoms with E-state index >= 15 is 0 Å². The lowest BCUT2D eigenvalue weighted by atomic mass is 10.2. The summed E-state index contributed by atoms with van der Waals surface area (Å²) < 4.78 is 30.7. The van der Waals surface area contributed by atoms with E-state index in [0.717, 1.165) is 10.0 Å². The van der Waals surface area contributed by atoms with Crippen LogP contribution in [0.5, 0.6) is 5.75 Å². The van der Waals surface area contributed by atoms with Gasteiger partial charge < -0.3 is 4.74 Å². The first kappa shape index (κ1) is 19.4. The Labute approximate surface area is 155 Å². The van der Waals surface area contributed by atoms with Gasteiger partial charge in [-0.25, -0.2) is 13.9 Å². The zero-order valence-electron chi connectivity index (χ0n) is 13.7. The molecule has 1 unspecified atom stereocenters. The highest BCUT2D eigenvalue weighted by Crippen LogP contribution is 2.19. The number of hydrogen-bond acceptors (Lipinski definition) is 5. The summed E-state index contributed by atoms with van der Waals surface area (Å²) in [5.74, 6) is -0.0153. The Hall–Kier alpha value is -1.90. The average Bonchev–Trinajstić information content (AvgIpc) is 2.62. The molecule has 0 spiro atoms. The fourth-order valence-corrected chi connectivity index (χ4v) is 3.48. The molecule has 0 heterocycles. The van der Waals surface area contributed by atoms with E-state index in [1.165, 1.54) is 19.1 Å². The molecule has 2 rings (SSSR count). The fourth-order valence-electron chi connectivity index (χ4n) is 1.96. The molecule has 25 heavy (non-hydrogen) atoms. The number of rotatable bonds is 7. The standard InChI is InChI=1S/C17H18BrNO5S/c1-12(25(21,22)16-9-5-14(18)6-10-16)17(20)19-24-11-13-3-7-15(23-2)8-4-13/h3-10,12H,11H2,1-2H3,(H,19,20). The van der Waals surface area contributed by atoms with Crippen molar-refractivity contribution in [1.82, 2.24) is 5.48 Å². The monoisotopic (exact) mass is 427 g/mol. The number of carbonyl (C=O) groups is 1. The van der Waals surface area contributed by atoms with Crippen molar-refractivity contribution in [3.63, 3.8) is 0 Å². The summed E-state index contributed by atoms with van der Waals surface area (Å²) in [5, 5.41) is -1.27. The molecular formula is C17H18BrNO5S. The number of amides is 1. The summed E-state index contributed by atoms with van der Waals surface area (Å²) in [6, 6.07) is 13.2. The number of hydroxylamine groups is 1. The van der Waals surface area contributed by atoms with Gasteiger partial charge in [0.05, 0.1) is 18.6 Å². The smallest absolute Gasteiger partial charge is 0.261 e. The lowest BCUT2D eigenvalue weighted by molar-refractivity contribution is -0.133. The number of ether oxygens (including phenoxy) is 1. The summed E-state index contributed by atoms with van der Waals surface area (Å²) in [6.45, 7) is 1.43. The van der Waals surface area contributed by atoms with Crippen molar-refractivity contribution in [1.29, 1.82) is 0 Å². The quantitative estimate of drug-likeness (QED) is 0.686. The first-order valence-electron chi connectivity index (χ1n) is 7.38. The Morgan fingerprint density at radius 1 is 1.12 bits per heavy atom. The Morgan fingerprint density at radius 3 is 2.28 bits per heavy atom. The lowest BCUT2D eigenvalue weighted by Gasteiger charge is -2.13. The SMILES string of the molecule is COc1ccc(CONC(=O)C(C)S(=O)(=O)c2ccc(Br)cc2)cc1. The molecule has 6 nitrogen and oxygen atoms in total. The zero-order valence-corrected chi connectivity index (χ0v) is 16.1. The number of benzene rings is 2. The zero-order chi connectivity index (χ0) is 18.4. The molecule has 0 saturated carbocycles. The first-order chi connectivity index (χ1) is 11.8. The van der Waals surface area contributed by atoms with Crippen molar-refractivity contribution in [3.05, 3.63) is 58.6 Å². The van der Waals surface area contributed by atoms with Crippen LogP contribution in [0, 0.1) is 0 Å². The van der Waals surface area contributed by atoms with Crippen LogP contribution in [-0.4, -0.2) is 26.7 Å². The minimum Gasteiger partial charge on any atom is -0.497 e. The molecule has 2 aromatic rings. The maximum atomic E-state index is 12.4. The third-order valence-corrected chi connectivity index (χ3v) is 6.15. The molecular weight excluding hydrogens is 410 g/mol. The topological polar surface area (TPSA) is 81.7 Å². The molecule has 134 valence electrons.